The Kier molecular flexibility index (Phi) is 4.90. The van der Waals surface area contributed by atoms with Crippen LogP contribution in [-0.4, -0.2) is 11.0 Å². The van der Waals surface area contributed by atoms with Crippen molar-refractivity contribution in [1.29, 1.82) is 0 Å². The zero-order valence-corrected chi connectivity index (χ0v) is 18.2. The second kappa shape index (κ2) is 7.73. The minimum absolute atomic E-state index is 0.125. The first-order chi connectivity index (χ1) is 15.1. The van der Waals surface area contributed by atoms with Gasteiger partial charge < -0.3 is 9.72 Å². The van der Waals surface area contributed by atoms with Crippen LogP contribution in [0, 0.1) is 12.8 Å². The number of aromatic amines is 1. The number of esters is 1. The Morgan fingerprint density at radius 2 is 1.87 bits per heavy atom. The van der Waals surface area contributed by atoms with Crippen LogP contribution in [0.5, 0.6) is 0 Å². The molecule has 0 amide bonds. The van der Waals surface area contributed by atoms with Crippen LogP contribution in [0.15, 0.2) is 83.7 Å². The summed E-state index contributed by atoms with van der Waals surface area (Å²) in [5.74, 6) is 0.466. The molecule has 3 aromatic rings. The van der Waals surface area contributed by atoms with Crippen molar-refractivity contribution >= 4 is 16.9 Å². The van der Waals surface area contributed by atoms with Crippen molar-refractivity contribution in [3.8, 4) is 0 Å². The normalized spacial score (nSPS) is 19.3. The van der Waals surface area contributed by atoms with E-state index >= 15 is 0 Å². The molecule has 1 aliphatic heterocycles. The van der Waals surface area contributed by atoms with Gasteiger partial charge in [-0.1, -0.05) is 72.7 Å². The number of para-hydroxylation sites is 1. The van der Waals surface area contributed by atoms with E-state index in [-0.39, 0.29) is 17.8 Å². The molecule has 5 rings (SSSR count). The number of aromatic nitrogens is 1. The second-order valence-electron chi connectivity index (χ2n) is 8.53. The minimum atomic E-state index is -0.235. The predicted octanol–water partition coefficient (Wildman–Crippen LogP) is 6.50. The third-order valence-electron chi connectivity index (χ3n) is 6.68. The molecule has 0 saturated heterocycles. The van der Waals surface area contributed by atoms with Crippen molar-refractivity contribution in [2.24, 2.45) is 5.92 Å². The highest BCUT2D eigenvalue weighted by atomic mass is 16.5. The molecule has 2 heterocycles. The molecule has 0 radical (unpaired) electrons. The topological polar surface area (TPSA) is 42.1 Å². The number of H-pyrrole nitrogens is 1. The van der Waals surface area contributed by atoms with Crippen LogP contribution in [0.25, 0.3) is 10.9 Å². The summed E-state index contributed by atoms with van der Waals surface area (Å²) in [6.07, 6.45) is 7.80. The van der Waals surface area contributed by atoms with Crippen LogP contribution in [0.3, 0.4) is 0 Å². The number of carbonyl (C=O) groups is 1. The van der Waals surface area contributed by atoms with Gasteiger partial charge in [0.25, 0.3) is 0 Å². The number of allylic oxidation sites excluding steroid dienone is 4. The number of hydrogen-bond donors (Lipinski definition) is 1. The number of nitrogens with one attached hydrogen (secondary N) is 1. The van der Waals surface area contributed by atoms with Crippen LogP contribution in [-0.2, 0) is 16.0 Å². The fraction of sp³-hybridized carbons (Fsp3) is 0.250. The molecule has 1 unspecified atom stereocenters. The molecular weight excluding hydrogens is 382 g/mol. The van der Waals surface area contributed by atoms with Crippen molar-refractivity contribution in [3.05, 3.63) is 106 Å². The van der Waals surface area contributed by atoms with Crippen molar-refractivity contribution < 1.29 is 9.53 Å². The highest BCUT2D eigenvalue weighted by Gasteiger charge is 2.38. The van der Waals surface area contributed by atoms with E-state index in [9.17, 15) is 4.79 Å². The van der Waals surface area contributed by atoms with Gasteiger partial charge in [0, 0.05) is 22.5 Å². The van der Waals surface area contributed by atoms with Crippen molar-refractivity contribution in [2.45, 2.75) is 39.5 Å². The van der Waals surface area contributed by atoms with Crippen molar-refractivity contribution in [2.75, 3.05) is 0 Å². The second-order valence-corrected chi connectivity index (χ2v) is 8.53. The van der Waals surface area contributed by atoms with E-state index in [2.05, 4.69) is 74.3 Å². The van der Waals surface area contributed by atoms with E-state index in [1.54, 1.807) is 0 Å². The zero-order chi connectivity index (χ0) is 21.5. The zero-order valence-electron chi connectivity index (χ0n) is 18.2. The third-order valence-corrected chi connectivity index (χ3v) is 6.68. The summed E-state index contributed by atoms with van der Waals surface area (Å²) in [6, 6.07) is 16.9. The smallest absolute Gasteiger partial charge is 0.340 e. The van der Waals surface area contributed by atoms with E-state index in [0.29, 0.717) is 0 Å². The number of fused-ring (bicyclic) bond motifs is 2. The van der Waals surface area contributed by atoms with Gasteiger partial charge in [-0.2, -0.15) is 0 Å². The Morgan fingerprint density at radius 1 is 1.10 bits per heavy atom. The van der Waals surface area contributed by atoms with Gasteiger partial charge in [-0.05, 0) is 50.0 Å². The summed E-state index contributed by atoms with van der Waals surface area (Å²) >= 11 is 0. The molecule has 3 nitrogen and oxygen atoms in total. The van der Waals surface area contributed by atoms with E-state index < -0.39 is 0 Å². The van der Waals surface area contributed by atoms with Crippen LogP contribution >= 0.6 is 0 Å². The molecule has 0 spiro atoms. The quantitative estimate of drug-likeness (QED) is 0.500. The van der Waals surface area contributed by atoms with E-state index in [1.807, 2.05) is 18.2 Å². The maximum Gasteiger partial charge on any atom is 0.340 e. The summed E-state index contributed by atoms with van der Waals surface area (Å²) in [4.78, 5) is 17.0. The standard InChI is InChI=1S/C28H27NO2/c1-4-20-22-10-5-7-11-23(22)29-27(20)26(19-15-13-17(2)14-16-19)25-18(3)21-9-6-8-12-24(21)31-28(25)30/h5-8,10-16,21,26,29H,4,9H2,1-3H3/t21-,26?/m0/s1. The molecule has 0 saturated carbocycles. The van der Waals surface area contributed by atoms with E-state index in [4.69, 9.17) is 4.74 Å². The van der Waals surface area contributed by atoms with Gasteiger partial charge in [-0.15, -0.1) is 0 Å². The first-order valence-electron chi connectivity index (χ1n) is 11.0. The number of aryl methyl sites for hydroxylation is 2. The summed E-state index contributed by atoms with van der Waals surface area (Å²) in [6.45, 7) is 6.37. The number of hydrogen-bond acceptors (Lipinski definition) is 2. The summed E-state index contributed by atoms with van der Waals surface area (Å²) in [5, 5.41) is 1.22. The van der Waals surface area contributed by atoms with Gasteiger partial charge in [0.1, 0.15) is 5.76 Å². The first-order valence-corrected chi connectivity index (χ1v) is 11.0. The fourth-order valence-electron chi connectivity index (χ4n) is 5.05. The molecule has 1 N–H and O–H groups in total. The summed E-state index contributed by atoms with van der Waals surface area (Å²) in [5.41, 5.74) is 7.65. The van der Waals surface area contributed by atoms with E-state index in [1.165, 1.54) is 16.5 Å². The molecule has 0 fully saturated rings. The predicted molar refractivity (Wildman–Crippen MR) is 125 cm³/mol. The fourth-order valence-corrected chi connectivity index (χ4v) is 5.05. The molecule has 3 heteroatoms. The number of carbonyl (C=O) groups excluding carboxylic acids is 1. The molecule has 2 aliphatic rings. The molecule has 2 aromatic carbocycles. The highest BCUT2D eigenvalue weighted by Crippen LogP contribution is 2.44. The molecule has 156 valence electrons. The average Bonchev–Trinajstić information content (AvgIpc) is 3.15. The summed E-state index contributed by atoms with van der Waals surface area (Å²) in [7, 11) is 0. The Bertz CT molecular complexity index is 1250. The average molecular weight is 410 g/mol. The van der Waals surface area contributed by atoms with Gasteiger partial charge in [-0.3, -0.25) is 0 Å². The van der Waals surface area contributed by atoms with Gasteiger partial charge in [0.05, 0.1) is 11.5 Å². The molecule has 0 bridgehead atoms. The lowest BCUT2D eigenvalue weighted by molar-refractivity contribution is -0.137. The van der Waals surface area contributed by atoms with Crippen molar-refractivity contribution in [3.63, 3.8) is 0 Å². The van der Waals surface area contributed by atoms with Crippen LogP contribution in [0.2, 0.25) is 0 Å². The third kappa shape index (κ3) is 3.25. The maximum atomic E-state index is 13.4. The highest BCUT2D eigenvalue weighted by molar-refractivity contribution is 5.95. The lowest BCUT2D eigenvalue weighted by Gasteiger charge is -2.32. The number of rotatable bonds is 4. The molecule has 2 atom stereocenters. The van der Waals surface area contributed by atoms with Gasteiger partial charge in [0.2, 0.25) is 0 Å². The summed E-state index contributed by atoms with van der Waals surface area (Å²) < 4.78 is 5.87. The van der Waals surface area contributed by atoms with Gasteiger partial charge in [-0.25, -0.2) is 4.79 Å². The Labute approximate surface area is 183 Å². The Balaban J connectivity index is 1.77. The number of ether oxygens (including phenoxy) is 1. The van der Waals surface area contributed by atoms with Crippen LogP contribution in [0.1, 0.15) is 48.6 Å². The van der Waals surface area contributed by atoms with E-state index in [0.717, 1.165) is 46.5 Å². The Hall–Kier alpha value is -3.33. The first kappa shape index (κ1) is 19.6. The lowest BCUT2D eigenvalue weighted by Crippen LogP contribution is -2.28. The monoisotopic (exact) mass is 409 g/mol. The minimum Gasteiger partial charge on any atom is -0.427 e. The lowest BCUT2D eigenvalue weighted by atomic mass is 9.77. The van der Waals surface area contributed by atoms with Crippen LogP contribution in [0.4, 0.5) is 0 Å². The van der Waals surface area contributed by atoms with Crippen LogP contribution < -0.4 is 0 Å². The SMILES string of the molecule is CCc1c(C(C2=C(C)[C@@H]3CC=CC=C3OC2=O)c2ccc(C)cc2)[nH]c2ccccc12. The molecular formula is C28H27NO2. The number of benzene rings is 2. The molecule has 1 aliphatic carbocycles. The van der Waals surface area contributed by atoms with Gasteiger partial charge >= 0.3 is 5.97 Å². The molecule has 1 aromatic heterocycles. The van der Waals surface area contributed by atoms with Crippen molar-refractivity contribution in [1.82, 2.24) is 4.98 Å². The largest absolute Gasteiger partial charge is 0.427 e. The van der Waals surface area contributed by atoms with Gasteiger partial charge in [0.15, 0.2) is 0 Å². The Morgan fingerprint density at radius 3 is 2.65 bits per heavy atom. The maximum absolute atomic E-state index is 13.4. The molecule has 31 heavy (non-hydrogen) atoms.